The summed E-state index contributed by atoms with van der Waals surface area (Å²) < 4.78 is 18.9. The summed E-state index contributed by atoms with van der Waals surface area (Å²) in [6.07, 6.45) is 3.71. The van der Waals surface area contributed by atoms with E-state index in [1.165, 1.54) is 6.07 Å². The number of hydrogen-bond acceptors (Lipinski definition) is 2. The van der Waals surface area contributed by atoms with Crippen molar-refractivity contribution < 1.29 is 9.13 Å². The molecule has 0 aliphatic carbocycles. The maximum atomic E-state index is 13.6. The first kappa shape index (κ1) is 12.7. The van der Waals surface area contributed by atoms with Gasteiger partial charge in [-0.05, 0) is 38.6 Å². The van der Waals surface area contributed by atoms with Crippen molar-refractivity contribution in [2.24, 2.45) is 0 Å². The van der Waals surface area contributed by atoms with Gasteiger partial charge < -0.3 is 10.1 Å². The van der Waals surface area contributed by atoms with Crippen LogP contribution in [0.2, 0.25) is 0 Å². The summed E-state index contributed by atoms with van der Waals surface area (Å²) in [6.45, 7) is 4.28. The fraction of sp³-hybridized carbons (Fsp3) is 0.385. The summed E-state index contributed by atoms with van der Waals surface area (Å²) in [7, 11) is 1.85. The van der Waals surface area contributed by atoms with Gasteiger partial charge in [0.15, 0.2) is 11.6 Å². The van der Waals surface area contributed by atoms with Gasteiger partial charge in [0, 0.05) is 6.04 Å². The van der Waals surface area contributed by atoms with Gasteiger partial charge in [0.25, 0.3) is 0 Å². The molecule has 0 spiro atoms. The van der Waals surface area contributed by atoms with E-state index in [0.717, 1.165) is 5.56 Å². The molecule has 1 rings (SSSR count). The number of benzene rings is 1. The Morgan fingerprint density at radius 3 is 2.81 bits per heavy atom. The van der Waals surface area contributed by atoms with Gasteiger partial charge in [-0.3, -0.25) is 0 Å². The van der Waals surface area contributed by atoms with Crippen molar-refractivity contribution in [2.45, 2.75) is 19.9 Å². The Balaban J connectivity index is 2.75. The lowest BCUT2D eigenvalue weighted by atomic mass is 10.1. The molecule has 0 aliphatic rings. The number of allylic oxidation sites excluding steroid dienone is 1. The van der Waals surface area contributed by atoms with Crippen LogP contribution in [0.1, 0.15) is 25.5 Å². The topological polar surface area (TPSA) is 21.3 Å². The van der Waals surface area contributed by atoms with E-state index >= 15 is 0 Å². The molecule has 1 unspecified atom stereocenters. The summed E-state index contributed by atoms with van der Waals surface area (Å²) in [4.78, 5) is 0. The second-order valence-electron chi connectivity index (χ2n) is 3.58. The first-order chi connectivity index (χ1) is 7.69. The quantitative estimate of drug-likeness (QED) is 0.775. The van der Waals surface area contributed by atoms with E-state index in [1.54, 1.807) is 6.07 Å². The second-order valence-corrected chi connectivity index (χ2v) is 3.58. The van der Waals surface area contributed by atoms with Crippen LogP contribution in [-0.2, 0) is 0 Å². The Labute approximate surface area is 96.1 Å². The lowest BCUT2D eigenvalue weighted by Crippen LogP contribution is -2.12. The van der Waals surface area contributed by atoms with E-state index in [2.05, 4.69) is 5.32 Å². The van der Waals surface area contributed by atoms with Crippen LogP contribution >= 0.6 is 0 Å². The highest BCUT2D eigenvalue weighted by Gasteiger charge is 2.07. The Morgan fingerprint density at radius 2 is 2.25 bits per heavy atom. The van der Waals surface area contributed by atoms with E-state index in [0.29, 0.717) is 12.4 Å². The SMILES string of the molecule is C/C=C/COc1ccc(C(C)NC)cc1F. The minimum atomic E-state index is -0.316. The summed E-state index contributed by atoms with van der Waals surface area (Å²) in [5.74, 6) is -0.0192. The zero-order valence-corrected chi connectivity index (χ0v) is 9.96. The molecule has 0 bridgehead atoms. The van der Waals surface area contributed by atoms with Crippen LogP contribution in [-0.4, -0.2) is 13.7 Å². The van der Waals surface area contributed by atoms with Crippen molar-refractivity contribution in [1.82, 2.24) is 5.32 Å². The number of rotatable bonds is 5. The van der Waals surface area contributed by atoms with Crippen LogP contribution in [0.25, 0.3) is 0 Å². The largest absolute Gasteiger partial charge is 0.486 e. The average Bonchev–Trinajstić information content (AvgIpc) is 2.30. The lowest BCUT2D eigenvalue weighted by molar-refractivity contribution is 0.341. The molecule has 0 fully saturated rings. The van der Waals surface area contributed by atoms with Gasteiger partial charge in [-0.1, -0.05) is 18.2 Å². The predicted molar refractivity (Wildman–Crippen MR) is 64.2 cm³/mol. The molecule has 0 aromatic heterocycles. The number of hydrogen-bond donors (Lipinski definition) is 1. The molecule has 16 heavy (non-hydrogen) atoms. The van der Waals surface area contributed by atoms with Crippen LogP contribution < -0.4 is 10.1 Å². The second kappa shape index (κ2) is 6.28. The molecular weight excluding hydrogens is 205 g/mol. The van der Waals surface area contributed by atoms with E-state index in [4.69, 9.17) is 4.74 Å². The monoisotopic (exact) mass is 223 g/mol. The van der Waals surface area contributed by atoms with Crippen LogP contribution in [0.4, 0.5) is 4.39 Å². The Hall–Kier alpha value is -1.35. The fourth-order valence-electron chi connectivity index (χ4n) is 1.30. The summed E-state index contributed by atoms with van der Waals surface area (Å²) in [5, 5.41) is 3.06. The van der Waals surface area contributed by atoms with Gasteiger partial charge in [-0.2, -0.15) is 0 Å². The first-order valence-electron chi connectivity index (χ1n) is 5.39. The molecule has 1 N–H and O–H groups in total. The number of halogens is 1. The molecule has 3 heteroatoms. The Bertz CT molecular complexity index is 363. The van der Waals surface area contributed by atoms with Gasteiger partial charge in [0.05, 0.1) is 0 Å². The lowest BCUT2D eigenvalue weighted by Gasteiger charge is -2.12. The van der Waals surface area contributed by atoms with Crippen molar-refractivity contribution in [3.05, 3.63) is 41.7 Å². The van der Waals surface area contributed by atoms with Crippen molar-refractivity contribution in [1.29, 1.82) is 0 Å². The van der Waals surface area contributed by atoms with Crippen molar-refractivity contribution >= 4 is 0 Å². The molecule has 1 aromatic carbocycles. The third-order valence-electron chi connectivity index (χ3n) is 2.46. The van der Waals surface area contributed by atoms with Crippen LogP contribution in [0, 0.1) is 5.82 Å². The molecule has 0 heterocycles. The molecule has 1 aromatic rings. The van der Waals surface area contributed by atoms with Gasteiger partial charge in [0.1, 0.15) is 6.61 Å². The smallest absolute Gasteiger partial charge is 0.165 e. The van der Waals surface area contributed by atoms with E-state index < -0.39 is 0 Å². The minimum Gasteiger partial charge on any atom is -0.486 e. The van der Waals surface area contributed by atoms with E-state index in [-0.39, 0.29) is 11.9 Å². The van der Waals surface area contributed by atoms with Crippen LogP contribution in [0.15, 0.2) is 30.4 Å². The normalized spacial score (nSPS) is 13.0. The third kappa shape index (κ3) is 3.35. The number of nitrogens with one attached hydrogen (secondary N) is 1. The molecule has 0 aliphatic heterocycles. The van der Waals surface area contributed by atoms with Crippen molar-refractivity contribution in [2.75, 3.05) is 13.7 Å². The fourth-order valence-corrected chi connectivity index (χ4v) is 1.30. The molecule has 0 saturated heterocycles. The molecule has 0 radical (unpaired) electrons. The highest BCUT2D eigenvalue weighted by atomic mass is 19.1. The Morgan fingerprint density at radius 1 is 1.50 bits per heavy atom. The molecule has 1 atom stereocenters. The molecular formula is C13H18FNO. The highest BCUT2D eigenvalue weighted by Crippen LogP contribution is 2.21. The van der Waals surface area contributed by atoms with E-state index in [1.807, 2.05) is 39.1 Å². The zero-order chi connectivity index (χ0) is 12.0. The van der Waals surface area contributed by atoms with Crippen molar-refractivity contribution in [3.8, 4) is 5.75 Å². The number of ether oxygens (including phenoxy) is 1. The van der Waals surface area contributed by atoms with Gasteiger partial charge in [-0.25, -0.2) is 4.39 Å². The molecule has 2 nitrogen and oxygen atoms in total. The van der Waals surface area contributed by atoms with E-state index in [9.17, 15) is 4.39 Å². The average molecular weight is 223 g/mol. The van der Waals surface area contributed by atoms with Gasteiger partial charge in [0.2, 0.25) is 0 Å². The molecule has 0 amide bonds. The standard InChI is InChI=1S/C13H18FNO/c1-4-5-8-16-13-7-6-11(9-12(13)14)10(2)15-3/h4-7,9-10,15H,8H2,1-3H3/b5-4+. The summed E-state index contributed by atoms with van der Waals surface area (Å²) >= 11 is 0. The Kier molecular flexibility index (Phi) is 4.99. The summed E-state index contributed by atoms with van der Waals surface area (Å²) in [6, 6.07) is 5.18. The summed E-state index contributed by atoms with van der Waals surface area (Å²) in [5.41, 5.74) is 0.915. The van der Waals surface area contributed by atoms with Crippen molar-refractivity contribution in [3.63, 3.8) is 0 Å². The van der Waals surface area contributed by atoms with Gasteiger partial charge >= 0.3 is 0 Å². The first-order valence-corrected chi connectivity index (χ1v) is 5.39. The maximum absolute atomic E-state index is 13.6. The van der Waals surface area contributed by atoms with Crippen LogP contribution in [0.3, 0.4) is 0 Å². The predicted octanol–water partition coefficient (Wildman–Crippen LogP) is 3.06. The minimum absolute atomic E-state index is 0.138. The maximum Gasteiger partial charge on any atom is 0.165 e. The highest BCUT2D eigenvalue weighted by molar-refractivity contribution is 5.31. The van der Waals surface area contributed by atoms with Crippen LogP contribution in [0.5, 0.6) is 5.75 Å². The zero-order valence-electron chi connectivity index (χ0n) is 9.96. The molecule has 0 saturated carbocycles. The molecule has 88 valence electrons. The third-order valence-corrected chi connectivity index (χ3v) is 2.46. The van der Waals surface area contributed by atoms with Gasteiger partial charge in [-0.15, -0.1) is 0 Å².